The molecule has 0 saturated heterocycles. The van der Waals surface area contributed by atoms with Crippen molar-refractivity contribution in [3.63, 3.8) is 0 Å². The molecule has 296 valence electrons. The quantitative estimate of drug-likeness (QED) is 0.0474. The number of hydrogen-bond donors (Lipinski definition) is 0. The molecule has 0 aliphatic carbocycles. The summed E-state index contributed by atoms with van der Waals surface area (Å²) in [5.41, 5.74) is 0. The van der Waals surface area contributed by atoms with E-state index < -0.39 is 0 Å². The maximum absolute atomic E-state index is 2.65. The third-order valence-electron chi connectivity index (χ3n) is 11.6. The maximum Gasteiger partial charge on any atom is 0.256 e. The first-order chi connectivity index (χ1) is 24.8. The molecule has 50 heavy (non-hydrogen) atoms. The van der Waals surface area contributed by atoms with Crippen molar-refractivity contribution in [1.82, 2.24) is 4.57 Å². The SMILES string of the molecule is CCCCCCCCCCCCCCCCCCCn1cc[n+](CCCCCCCCCCCCC)c1CCCCCCCCCCCCC. The van der Waals surface area contributed by atoms with E-state index in [2.05, 4.69) is 42.3 Å². The Labute approximate surface area is 317 Å². The topological polar surface area (TPSA) is 8.81 Å². The lowest BCUT2D eigenvalue weighted by Crippen LogP contribution is -2.37. The highest BCUT2D eigenvalue weighted by molar-refractivity contribution is 4.84. The van der Waals surface area contributed by atoms with Gasteiger partial charge in [0.05, 0.1) is 13.1 Å². The van der Waals surface area contributed by atoms with E-state index in [0.29, 0.717) is 0 Å². The summed E-state index contributed by atoms with van der Waals surface area (Å²) in [4.78, 5) is 0. The normalized spacial score (nSPS) is 11.7. The molecule has 0 N–H and O–H groups in total. The molecule has 2 nitrogen and oxygen atoms in total. The highest BCUT2D eigenvalue weighted by Gasteiger charge is 2.16. The number of hydrogen-bond acceptors (Lipinski definition) is 0. The summed E-state index contributed by atoms with van der Waals surface area (Å²) in [6.07, 6.45) is 62.3. The second-order valence-electron chi connectivity index (χ2n) is 16.6. The summed E-state index contributed by atoms with van der Waals surface area (Å²) in [7, 11) is 0. The van der Waals surface area contributed by atoms with E-state index in [4.69, 9.17) is 0 Å². The smallest absolute Gasteiger partial charge is 0.234 e. The van der Waals surface area contributed by atoms with Crippen LogP contribution in [0.1, 0.15) is 277 Å². The van der Waals surface area contributed by atoms with Gasteiger partial charge in [-0.1, -0.05) is 239 Å². The first-order valence-corrected chi connectivity index (χ1v) is 23.9. The Morgan fingerprint density at radius 3 is 0.960 bits per heavy atom. The van der Waals surface area contributed by atoms with E-state index in [0.717, 1.165) is 0 Å². The lowest BCUT2D eigenvalue weighted by Gasteiger charge is -2.07. The Bertz CT molecular complexity index is 766. The molecular weight excluding hydrogens is 605 g/mol. The molecule has 0 bridgehead atoms. The van der Waals surface area contributed by atoms with Gasteiger partial charge in [0, 0.05) is 6.42 Å². The van der Waals surface area contributed by atoms with Gasteiger partial charge >= 0.3 is 0 Å². The molecule has 2 heteroatoms. The summed E-state index contributed by atoms with van der Waals surface area (Å²) in [5.74, 6) is 1.63. The van der Waals surface area contributed by atoms with Crippen LogP contribution in [0.3, 0.4) is 0 Å². The Morgan fingerprint density at radius 2 is 0.620 bits per heavy atom. The number of rotatable bonds is 42. The third-order valence-corrected chi connectivity index (χ3v) is 11.6. The van der Waals surface area contributed by atoms with Gasteiger partial charge in [0.15, 0.2) is 0 Å². The minimum absolute atomic E-state index is 1.23. The molecule has 0 radical (unpaired) electrons. The van der Waals surface area contributed by atoms with Crippen molar-refractivity contribution in [1.29, 1.82) is 0 Å². The standard InChI is InChI=1S/C48H95N2/c1-4-7-10-13-16-19-22-23-24-25-26-27-30-33-36-39-42-45-50-47-46-49(44-41-38-35-32-29-21-18-15-12-9-6-3)48(50)43-40-37-34-31-28-20-17-14-11-8-5-2/h46-47H,4-45H2,1-3H3/q+1. The molecule has 0 unspecified atom stereocenters. The zero-order valence-corrected chi connectivity index (χ0v) is 35.2. The average Bonchev–Trinajstić information content (AvgIpc) is 3.51. The highest BCUT2D eigenvalue weighted by atomic mass is 15.1. The third kappa shape index (κ3) is 30.8. The van der Waals surface area contributed by atoms with Crippen LogP contribution in [0, 0.1) is 0 Å². The zero-order chi connectivity index (χ0) is 35.8. The molecular formula is C48H95N2+. The molecule has 0 amide bonds. The minimum Gasteiger partial charge on any atom is -0.234 e. The number of unbranched alkanes of at least 4 members (excludes halogenated alkanes) is 36. The lowest BCUT2D eigenvalue weighted by atomic mass is 10.0. The molecule has 0 fully saturated rings. The van der Waals surface area contributed by atoms with Crippen LogP contribution in [0.4, 0.5) is 0 Å². The predicted molar refractivity (Wildman–Crippen MR) is 225 cm³/mol. The molecule has 1 aromatic heterocycles. The maximum atomic E-state index is 2.65. The van der Waals surface area contributed by atoms with E-state index in [9.17, 15) is 0 Å². The van der Waals surface area contributed by atoms with Crippen LogP contribution in [-0.2, 0) is 19.5 Å². The number of imidazole rings is 1. The van der Waals surface area contributed by atoms with Gasteiger partial charge in [-0.25, -0.2) is 9.13 Å². The van der Waals surface area contributed by atoms with Crippen LogP contribution in [0.15, 0.2) is 12.4 Å². The molecule has 0 saturated carbocycles. The highest BCUT2D eigenvalue weighted by Crippen LogP contribution is 2.17. The van der Waals surface area contributed by atoms with Gasteiger partial charge in [-0.2, -0.15) is 0 Å². The minimum atomic E-state index is 1.23. The van der Waals surface area contributed by atoms with Gasteiger partial charge in [0.1, 0.15) is 12.4 Å². The van der Waals surface area contributed by atoms with Crippen molar-refractivity contribution < 1.29 is 4.57 Å². The Morgan fingerprint density at radius 1 is 0.340 bits per heavy atom. The second-order valence-corrected chi connectivity index (χ2v) is 16.6. The van der Waals surface area contributed by atoms with Gasteiger partial charge in [-0.3, -0.25) is 0 Å². The van der Waals surface area contributed by atoms with E-state index in [-0.39, 0.29) is 0 Å². The summed E-state index contributed by atoms with van der Waals surface area (Å²) in [6.45, 7) is 9.41. The number of aryl methyl sites for hydroxylation is 2. The monoisotopic (exact) mass is 700 g/mol. The van der Waals surface area contributed by atoms with Crippen LogP contribution in [-0.4, -0.2) is 4.57 Å². The Hall–Kier alpha value is -0.790. The molecule has 1 rings (SSSR count). The van der Waals surface area contributed by atoms with Crippen molar-refractivity contribution in [3.8, 4) is 0 Å². The summed E-state index contributed by atoms with van der Waals surface area (Å²) < 4.78 is 5.30. The summed E-state index contributed by atoms with van der Waals surface area (Å²) in [6, 6.07) is 0. The van der Waals surface area contributed by atoms with Gasteiger partial charge in [0.25, 0.3) is 5.82 Å². The predicted octanol–water partition coefficient (Wildman–Crippen LogP) is 16.6. The Balaban J connectivity index is 2.24. The molecule has 0 aromatic carbocycles. The van der Waals surface area contributed by atoms with Crippen molar-refractivity contribution in [2.45, 2.75) is 291 Å². The lowest BCUT2D eigenvalue weighted by molar-refractivity contribution is -0.704. The number of nitrogens with zero attached hydrogens (tertiary/aromatic N) is 2. The van der Waals surface area contributed by atoms with Crippen molar-refractivity contribution in [2.75, 3.05) is 0 Å². The fourth-order valence-corrected chi connectivity index (χ4v) is 8.09. The van der Waals surface area contributed by atoms with E-state index in [1.807, 2.05) is 0 Å². The van der Waals surface area contributed by atoms with Crippen LogP contribution >= 0.6 is 0 Å². The largest absolute Gasteiger partial charge is 0.256 e. The van der Waals surface area contributed by atoms with Gasteiger partial charge < -0.3 is 0 Å². The molecule has 0 spiro atoms. The molecule has 0 aliphatic heterocycles. The van der Waals surface area contributed by atoms with Crippen LogP contribution in [0.25, 0.3) is 0 Å². The van der Waals surface area contributed by atoms with Crippen molar-refractivity contribution >= 4 is 0 Å². The molecule has 1 heterocycles. The van der Waals surface area contributed by atoms with Crippen LogP contribution in [0.2, 0.25) is 0 Å². The van der Waals surface area contributed by atoms with Crippen LogP contribution < -0.4 is 4.57 Å². The molecule has 1 aromatic rings. The molecule has 0 atom stereocenters. The summed E-state index contributed by atoms with van der Waals surface area (Å²) in [5, 5.41) is 0. The number of aromatic nitrogens is 2. The molecule has 0 aliphatic rings. The van der Waals surface area contributed by atoms with Crippen LogP contribution in [0.5, 0.6) is 0 Å². The van der Waals surface area contributed by atoms with E-state index in [1.165, 1.54) is 270 Å². The van der Waals surface area contributed by atoms with Crippen molar-refractivity contribution in [2.24, 2.45) is 0 Å². The first-order valence-electron chi connectivity index (χ1n) is 23.9. The first kappa shape index (κ1) is 47.2. The van der Waals surface area contributed by atoms with E-state index in [1.54, 1.807) is 5.82 Å². The second kappa shape index (κ2) is 39.4. The van der Waals surface area contributed by atoms with Gasteiger partial charge in [0.2, 0.25) is 0 Å². The average molecular weight is 700 g/mol. The van der Waals surface area contributed by atoms with Crippen molar-refractivity contribution in [3.05, 3.63) is 18.2 Å². The zero-order valence-electron chi connectivity index (χ0n) is 35.2. The van der Waals surface area contributed by atoms with Gasteiger partial charge in [-0.15, -0.1) is 0 Å². The fraction of sp³-hybridized carbons (Fsp3) is 0.938. The van der Waals surface area contributed by atoms with E-state index >= 15 is 0 Å². The fourth-order valence-electron chi connectivity index (χ4n) is 8.09. The van der Waals surface area contributed by atoms with Gasteiger partial charge in [-0.05, 0) is 32.1 Å². The Kier molecular flexibility index (Phi) is 37.2. The summed E-state index contributed by atoms with van der Waals surface area (Å²) >= 11 is 0.